The van der Waals surface area contributed by atoms with Gasteiger partial charge in [-0.15, -0.1) is 4.72 Å². The molecule has 3 rings (SSSR count). The van der Waals surface area contributed by atoms with Crippen LogP contribution in [0.25, 0.3) is 0 Å². The Morgan fingerprint density at radius 2 is 2.00 bits per heavy atom. The maximum absolute atomic E-state index is 13.0. The van der Waals surface area contributed by atoms with Crippen molar-refractivity contribution in [2.75, 3.05) is 20.2 Å². The quantitative estimate of drug-likeness (QED) is 0.423. The molecule has 2 aliphatic rings. The number of carboxylic acid groups (broad SMARTS) is 1. The average molecular weight is 433 g/mol. The molecule has 0 saturated carbocycles. The van der Waals surface area contributed by atoms with Crippen molar-refractivity contribution in [3.8, 4) is 11.8 Å². The van der Waals surface area contributed by atoms with Gasteiger partial charge in [-0.05, 0) is 63.3 Å². The lowest BCUT2D eigenvalue weighted by molar-refractivity contribution is -0.133. The van der Waals surface area contributed by atoms with Gasteiger partial charge >= 0.3 is 12.1 Å². The molecular weight excluding hydrogens is 404 g/mol. The minimum atomic E-state index is -1.29. The van der Waals surface area contributed by atoms with Gasteiger partial charge in [0.05, 0.1) is 13.2 Å². The number of esters is 1. The lowest BCUT2D eigenvalue weighted by Crippen LogP contribution is -2.50. The standard InChI is InChI=1S/C22H28N2O5S/c1-21(2,3)30(28)23-19-17-13-15(6-8-18(25)29-4)5-7-16(17)14-22(19)9-11-24(12-10-22)20(26)27/h5,7,13,19,23H,9-12,14H2,1-4H3,(H,26,27)/t19-,30-/m1/s1. The molecule has 1 heterocycles. The molecule has 8 heteroatoms. The van der Waals surface area contributed by atoms with Crippen molar-refractivity contribution in [2.24, 2.45) is 5.41 Å². The Morgan fingerprint density at radius 1 is 1.33 bits per heavy atom. The summed E-state index contributed by atoms with van der Waals surface area (Å²) in [5.74, 6) is 4.67. The first-order valence-corrected chi connectivity index (χ1v) is 11.1. The van der Waals surface area contributed by atoms with Crippen LogP contribution in [-0.4, -0.2) is 51.6 Å². The summed E-state index contributed by atoms with van der Waals surface area (Å²) in [4.78, 5) is 24.2. The molecule has 1 spiro atoms. The van der Waals surface area contributed by atoms with Crippen LogP contribution in [0.4, 0.5) is 4.79 Å². The number of hydrogen-bond donors (Lipinski definition) is 2. The van der Waals surface area contributed by atoms with Crippen LogP contribution in [0.15, 0.2) is 18.2 Å². The molecule has 2 N–H and O–H groups in total. The van der Waals surface area contributed by atoms with Crippen LogP contribution < -0.4 is 4.72 Å². The van der Waals surface area contributed by atoms with Gasteiger partial charge in [0.15, 0.2) is 0 Å². The van der Waals surface area contributed by atoms with Gasteiger partial charge in [-0.2, -0.15) is 0 Å². The van der Waals surface area contributed by atoms with Gasteiger partial charge in [-0.25, -0.2) is 9.59 Å². The van der Waals surface area contributed by atoms with E-state index in [-0.39, 0.29) is 11.5 Å². The summed E-state index contributed by atoms with van der Waals surface area (Å²) in [7, 11) is 1.29. The number of likely N-dealkylation sites (tertiary alicyclic amines) is 1. The Morgan fingerprint density at radius 3 is 2.57 bits per heavy atom. The van der Waals surface area contributed by atoms with E-state index in [1.165, 1.54) is 12.0 Å². The van der Waals surface area contributed by atoms with Gasteiger partial charge in [-0.1, -0.05) is 12.0 Å². The molecule has 0 bridgehead atoms. The average Bonchev–Trinajstić information content (AvgIpc) is 2.98. The van der Waals surface area contributed by atoms with Gasteiger partial charge < -0.3 is 19.3 Å². The molecule has 1 aliphatic heterocycles. The van der Waals surface area contributed by atoms with Crippen molar-refractivity contribution in [3.63, 3.8) is 0 Å². The largest absolute Gasteiger partial charge is 0.598 e. The Kier molecular flexibility index (Phi) is 6.37. The highest BCUT2D eigenvalue weighted by atomic mass is 32.2. The number of methoxy groups -OCH3 is 1. The van der Waals surface area contributed by atoms with Crippen molar-refractivity contribution in [3.05, 3.63) is 34.9 Å². The molecule has 1 aromatic rings. The second-order valence-corrected chi connectivity index (χ2v) is 10.9. The number of piperidine rings is 1. The predicted octanol–water partition coefficient (Wildman–Crippen LogP) is 2.62. The monoisotopic (exact) mass is 432 g/mol. The van der Waals surface area contributed by atoms with E-state index in [0.717, 1.165) is 17.5 Å². The van der Waals surface area contributed by atoms with Crippen molar-refractivity contribution in [2.45, 2.75) is 50.8 Å². The van der Waals surface area contributed by atoms with Crippen LogP contribution >= 0.6 is 0 Å². The van der Waals surface area contributed by atoms with Crippen molar-refractivity contribution in [1.29, 1.82) is 0 Å². The first kappa shape index (κ1) is 22.5. The number of carbonyl (C=O) groups is 2. The van der Waals surface area contributed by atoms with Gasteiger partial charge in [-0.3, -0.25) is 0 Å². The Balaban J connectivity index is 1.95. The number of rotatable bonds is 2. The van der Waals surface area contributed by atoms with Gasteiger partial charge in [0.2, 0.25) is 0 Å². The van der Waals surface area contributed by atoms with Gasteiger partial charge in [0.1, 0.15) is 4.75 Å². The SMILES string of the molecule is COC(=O)C#Cc1ccc2c(c1)[C@@H](N[S@+]([O-])C(C)(C)C)C1(CCN(C(=O)O)CC1)C2. The summed E-state index contributed by atoms with van der Waals surface area (Å²) < 4.78 is 20.5. The summed E-state index contributed by atoms with van der Waals surface area (Å²) >= 11 is -1.29. The van der Waals surface area contributed by atoms with Gasteiger partial charge in [0.25, 0.3) is 0 Å². The van der Waals surface area contributed by atoms with Crippen molar-refractivity contribution in [1.82, 2.24) is 9.62 Å². The molecule has 1 fully saturated rings. The van der Waals surface area contributed by atoms with E-state index in [0.29, 0.717) is 31.5 Å². The van der Waals surface area contributed by atoms with E-state index in [9.17, 15) is 19.2 Å². The van der Waals surface area contributed by atoms with Crippen LogP contribution in [0.1, 0.15) is 56.3 Å². The van der Waals surface area contributed by atoms with Crippen molar-refractivity contribution < 1.29 is 24.0 Å². The molecule has 1 aliphatic carbocycles. The van der Waals surface area contributed by atoms with E-state index in [1.54, 1.807) is 0 Å². The topological polar surface area (TPSA) is 102 Å². The lowest BCUT2D eigenvalue weighted by atomic mass is 9.73. The zero-order valence-corrected chi connectivity index (χ0v) is 18.6. The molecular formula is C22H28N2O5S. The first-order chi connectivity index (χ1) is 14.1. The van der Waals surface area contributed by atoms with Crippen LogP contribution in [0.2, 0.25) is 0 Å². The number of nitrogens with one attached hydrogen (secondary N) is 1. The van der Waals surface area contributed by atoms with E-state index in [1.807, 2.05) is 39.0 Å². The van der Waals surface area contributed by atoms with Crippen LogP contribution in [0, 0.1) is 17.3 Å². The number of benzene rings is 1. The predicted molar refractivity (Wildman–Crippen MR) is 114 cm³/mol. The zero-order valence-electron chi connectivity index (χ0n) is 17.8. The molecule has 0 aromatic heterocycles. The molecule has 7 nitrogen and oxygen atoms in total. The Bertz CT molecular complexity index is 891. The molecule has 0 unspecified atom stereocenters. The summed E-state index contributed by atoms with van der Waals surface area (Å²) in [6.45, 7) is 6.68. The number of carbonyl (C=O) groups excluding carboxylic acids is 1. The minimum absolute atomic E-state index is 0.177. The number of fused-ring (bicyclic) bond motifs is 1. The molecule has 162 valence electrons. The third kappa shape index (κ3) is 4.59. The maximum Gasteiger partial charge on any atom is 0.407 e. The van der Waals surface area contributed by atoms with Crippen LogP contribution in [0.5, 0.6) is 0 Å². The maximum atomic E-state index is 13.0. The highest BCUT2D eigenvalue weighted by molar-refractivity contribution is 7.90. The molecule has 1 amide bonds. The summed E-state index contributed by atoms with van der Waals surface area (Å²) in [5.41, 5.74) is 2.65. The molecule has 30 heavy (non-hydrogen) atoms. The Hall–Kier alpha value is -2.21. The second-order valence-electron chi connectivity index (χ2n) is 8.90. The number of ether oxygens (including phenoxy) is 1. The van der Waals surface area contributed by atoms with E-state index in [2.05, 4.69) is 21.3 Å². The fourth-order valence-corrected chi connectivity index (χ4v) is 5.11. The fourth-order valence-electron chi connectivity index (χ4n) is 4.17. The third-order valence-electron chi connectivity index (χ3n) is 5.92. The molecule has 1 saturated heterocycles. The normalized spacial score (nSPS) is 20.8. The Labute approximate surface area is 180 Å². The third-order valence-corrected chi connectivity index (χ3v) is 7.48. The zero-order chi connectivity index (χ0) is 22.1. The number of hydrogen-bond acceptors (Lipinski definition) is 5. The molecule has 0 radical (unpaired) electrons. The molecule has 2 atom stereocenters. The van der Waals surface area contributed by atoms with Crippen LogP contribution in [-0.2, 0) is 27.3 Å². The number of amides is 1. The number of nitrogens with zero attached hydrogens (tertiary/aromatic N) is 1. The molecule has 1 aromatic carbocycles. The van der Waals surface area contributed by atoms with E-state index in [4.69, 9.17) is 0 Å². The van der Waals surface area contributed by atoms with Gasteiger partial charge in [0, 0.05) is 41.4 Å². The minimum Gasteiger partial charge on any atom is -0.598 e. The summed E-state index contributed by atoms with van der Waals surface area (Å²) in [6.07, 6.45) is 1.27. The highest BCUT2D eigenvalue weighted by Gasteiger charge is 2.50. The van der Waals surface area contributed by atoms with E-state index >= 15 is 0 Å². The summed E-state index contributed by atoms with van der Waals surface area (Å²) in [5, 5.41) is 9.33. The lowest BCUT2D eigenvalue weighted by Gasteiger charge is -2.43. The highest BCUT2D eigenvalue weighted by Crippen LogP contribution is 2.52. The van der Waals surface area contributed by atoms with E-state index < -0.39 is 28.2 Å². The first-order valence-electron chi connectivity index (χ1n) is 9.94. The van der Waals surface area contributed by atoms with Crippen LogP contribution in [0.3, 0.4) is 0 Å². The fraction of sp³-hybridized carbons (Fsp3) is 0.545. The second kappa shape index (κ2) is 8.50. The summed E-state index contributed by atoms with van der Waals surface area (Å²) in [6, 6.07) is 5.64. The van der Waals surface area contributed by atoms with Crippen molar-refractivity contribution >= 4 is 23.4 Å². The smallest absolute Gasteiger partial charge is 0.407 e.